The number of anilines is 4. The van der Waals surface area contributed by atoms with Crippen molar-refractivity contribution in [1.29, 1.82) is 0 Å². The molecule has 0 aliphatic heterocycles. The monoisotopic (exact) mass is 676 g/mol. The Labute approximate surface area is 262 Å². The summed E-state index contributed by atoms with van der Waals surface area (Å²) in [5, 5.41) is 18.8. The Hall–Kier alpha value is -4.71. The lowest BCUT2D eigenvalue weighted by atomic mass is 10.1. The van der Waals surface area contributed by atoms with E-state index in [9.17, 15) is 14.9 Å². The minimum atomic E-state index is -0.490. The molecule has 0 spiro atoms. The van der Waals surface area contributed by atoms with Gasteiger partial charge in [-0.05, 0) is 48.0 Å². The van der Waals surface area contributed by atoms with Crippen LogP contribution >= 0.6 is 39.1 Å². The number of hydrogen-bond donors (Lipinski definition) is 2. The highest BCUT2D eigenvalue weighted by atomic mass is 79.9. The fourth-order valence-electron chi connectivity index (χ4n) is 4.51. The number of benzene rings is 4. The molecule has 6 aromatic rings. The number of rotatable bonds is 8. The highest BCUT2D eigenvalue weighted by Crippen LogP contribution is 2.34. The van der Waals surface area contributed by atoms with Crippen molar-refractivity contribution < 1.29 is 9.34 Å². The van der Waals surface area contributed by atoms with E-state index in [0.29, 0.717) is 42.6 Å². The van der Waals surface area contributed by atoms with E-state index in [1.807, 2.05) is 30.3 Å². The Morgan fingerprint density at radius 2 is 1.70 bits per heavy atom. The third-order valence-electron chi connectivity index (χ3n) is 6.50. The minimum absolute atomic E-state index is 0.0260. The summed E-state index contributed by atoms with van der Waals surface area (Å²) in [4.78, 5) is 33.9. The Morgan fingerprint density at radius 1 is 0.930 bits per heavy atom. The highest BCUT2D eigenvalue weighted by molar-refractivity contribution is 9.10. The molecule has 0 saturated carbocycles. The number of para-hydroxylation sites is 2. The fraction of sp³-hybridized carbons (Fsp3) is 0.0333. The second kappa shape index (κ2) is 11.9. The molecule has 0 unspecified atom stereocenters. The van der Waals surface area contributed by atoms with Crippen molar-refractivity contribution in [2.75, 3.05) is 10.6 Å². The van der Waals surface area contributed by atoms with Gasteiger partial charge in [-0.2, -0.15) is 4.98 Å². The standard InChI is InChI=1S/C30H19BrCl2N6O4/c31-18-11-12-25-21(14-18)29(40)38(30-37-26(16-43-30)34-19-6-3-7-20(15-19)39(41)42)27(35-25)13-17-5-1-2-10-24(17)36-28-22(32)8-4-9-23(28)33/h1-12,14-16,34,36H,13H2. The van der Waals surface area contributed by atoms with E-state index >= 15 is 0 Å². The number of aromatic nitrogens is 3. The molecule has 214 valence electrons. The predicted octanol–water partition coefficient (Wildman–Crippen LogP) is 8.43. The summed E-state index contributed by atoms with van der Waals surface area (Å²) in [6, 6.07) is 24.0. The number of hydrogen-bond acceptors (Lipinski definition) is 8. The van der Waals surface area contributed by atoms with Gasteiger partial charge in [-0.25, -0.2) is 9.55 Å². The molecule has 43 heavy (non-hydrogen) atoms. The average molecular weight is 678 g/mol. The number of halogens is 3. The van der Waals surface area contributed by atoms with Crippen molar-refractivity contribution in [2.24, 2.45) is 0 Å². The number of nitrogens with zero attached hydrogens (tertiary/aromatic N) is 4. The summed E-state index contributed by atoms with van der Waals surface area (Å²) < 4.78 is 7.77. The van der Waals surface area contributed by atoms with Gasteiger partial charge in [0, 0.05) is 34.4 Å². The predicted molar refractivity (Wildman–Crippen MR) is 170 cm³/mol. The maximum atomic E-state index is 13.9. The van der Waals surface area contributed by atoms with Crippen LogP contribution in [0, 0.1) is 10.1 Å². The largest absolute Gasteiger partial charge is 0.429 e. The van der Waals surface area contributed by atoms with Gasteiger partial charge >= 0.3 is 6.01 Å². The molecule has 2 heterocycles. The molecular weight excluding hydrogens is 659 g/mol. The van der Waals surface area contributed by atoms with Gasteiger partial charge in [-0.3, -0.25) is 14.9 Å². The Kier molecular flexibility index (Phi) is 7.85. The van der Waals surface area contributed by atoms with Crippen LogP contribution in [-0.2, 0) is 6.42 Å². The number of nitro groups is 1. The number of oxazole rings is 1. The van der Waals surface area contributed by atoms with Crippen LogP contribution < -0.4 is 16.2 Å². The first kappa shape index (κ1) is 28.4. The van der Waals surface area contributed by atoms with Crippen LogP contribution in [-0.4, -0.2) is 19.5 Å². The molecule has 0 fully saturated rings. The van der Waals surface area contributed by atoms with Gasteiger partial charge in [0.25, 0.3) is 11.2 Å². The molecule has 2 N–H and O–H groups in total. The molecule has 10 nitrogen and oxygen atoms in total. The van der Waals surface area contributed by atoms with Gasteiger partial charge in [-0.1, -0.05) is 69.5 Å². The quantitative estimate of drug-likeness (QED) is 0.121. The summed E-state index contributed by atoms with van der Waals surface area (Å²) in [5.74, 6) is 0.612. The number of nitro benzene ring substituents is 1. The number of nitrogens with one attached hydrogen (secondary N) is 2. The smallest absolute Gasteiger partial charge is 0.312 e. The topological polar surface area (TPSA) is 128 Å². The first-order valence-corrected chi connectivity index (χ1v) is 14.3. The number of fused-ring (bicyclic) bond motifs is 1. The second-order valence-corrected chi connectivity index (χ2v) is 11.1. The summed E-state index contributed by atoms with van der Waals surface area (Å²) in [6.07, 6.45) is 1.53. The van der Waals surface area contributed by atoms with Crippen molar-refractivity contribution in [3.63, 3.8) is 0 Å². The average Bonchev–Trinajstić information content (AvgIpc) is 3.44. The first-order valence-electron chi connectivity index (χ1n) is 12.7. The molecule has 6 rings (SSSR count). The molecule has 4 aromatic carbocycles. The minimum Gasteiger partial charge on any atom is -0.429 e. The van der Waals surface area contributed by atoms with Crippen molar-refractivity contribution in [1.82, 2.24) is 14.5 Å². The van der Waals surface area contributed by atoms with E-state index in [1.54, 1.807) is 42.5 Å². The van der Waals surface area contributed by atoms with Gasteiger partial charge in [-0.15, -0.1) is 0 Å². The maximum Gasteiger partial charge on any atom is 0.312 e. The van der Waals surface area contributed by atoms with Crippen LogP contribution in [0.3, 0.4) is 0 Å². The van der Waals surface area contributed by atoms with Gasteiger partial charge in [0.05, 0.1) is 31.6 Å². The van der Waals surface area contributed by atoms with E-state index in [-0.39, 0.29) is 29.5 Å². The molecule has 0 atom stereocenters. The zero-order valence-corrected chi connectivity index (χ0v) is 25.0. The fourth-order valence-corrected chi connectivity index (χ4v) is 5.36. The van der Waals surface area contributed by atoms with E-state index in [4.69, 9.17) is 32.6 Å². The Morgan fingerprint density at radius 3 is 2.49 bits per heavy atom. The van der Waals surface area contributed by atoms with E-state index in [0.717, 1.165) is 11.3 Å². The van der Waals surface area contributed by atoms with Crippen LogP contribution in [0.5, 0.6) is 0 Å². The molecule has 0 aliphatic rings. The van der Waals surface area contributed by atoms with Crippen molar-refractivity contribution in [2.45, 2.75) is 6.42 Å². The van der Waals surface area contributed by atoms with Crippen LogP contribution in [0.2, 0.25) is 10.0 Å². The van der Waals surface area contributed by atoms with E-state index in [1.165, 1.54) is 23.0 Å². The maximum absolute atomic E-state index is 13.9. The molecule has 0 aliphatic carbocycles. The van der Waals surface area contributed by atoms with Crippen LogP contribution in [0.25, 0.3) is 16.9 Å². The molecule has 2 aromatic heterocycles. The molecule has 13 heteroatoms. The summed E-state index contributed by atoms with van der Waals surface area (Å²) in [5.41, 5.74) is 2.54. The number of non-ortho nitro benzene ring substituents is 1. The normalized spacial score (nSPS) is 11.0. The van der Waals surface area contributed by atoms with Crippen molar-refractivity contribution in [3.05, 3.63) is 138 Å². The molecule has 0 bridgehead atoms. The Bertz CT molecular complexity index is 2060. The first-order chi connectivity index (χ1) is 20.8. The van der Waals surface area contributed by atoms with Crippen LogP contribution in [0.4, 0.5) is 28.6 Å². The Balaban J connectivity index is 1.42. The lowest BCUT2D eigenvalue weighted by Gasteiger charge is -2.16. The molecule has 0 radical (unpaired) electrons. The van der Waals surface area contributed by atoms with E-state index in [2.05, 4.69) is 31.5 Å². The summed E-state index contributed by atoms with van der Waals surface area (Å²) in [6.45, 7) is 0. The molecule has 0 saturated heterocycles. The van der Waals surface area contributed by atoms with Gasteiger partial charge in [0.15, 0.2) is 5.82 Å². The summed E-state index contributed by atoms with van der Waals surface area (Å²) in [7, 11) is 0. The third kappa shape index (κ3) is 5.96. The highest BCUT2D eigenvalue weighted by Gasteiger charge is 2.20. The van der Waals surface area contributed by atoms with Crippen molar-refractivity contribution >= 4 is 78.6 Å². The zero-order valence-electron chi connectivity index (χ0n) is 21.9. The van der Waals surface area contributed by atoms with E-state index < -0.39 is 4.92 Å². The second-order valence-electron chi connectivity index (χ2n) is 9.33. The zero-order chi connectivity index (χ0) is 30.1. The molecular formula is C30H19BrCl2N6O4. The molecule has 0 amide bonds. The van der Waals surface area contributed by atoms with Crippen molar-refractivity contribution in [3.8, 4) is 6.01 Å². The van der Waals surface area contributed by atoms with Gasteiger partial charge in [0.1, 0.15) is 12.1 Å². The van der Waals surface area contributed by atoms with Crippen LogP contribution in [0.1, 0.15) is 11.4 Å². The van der Waals surface area contributed by atoms with Crippen LogP contribution in [0.15, 0.2) is 105 Å². The SMILES string of the molecule is O=c1c2cc(Br)ccc2nc(Cc2ccccc2Nc2c(Cl)cccc2Cl)n1-c1nc(Nc2cccc([N+](=O)[O-])c2)co1. The third-order valence-corrected chi connectivity index (χ3v) is 7.62. The van der Waals surface area contributed by atoms with Gasteiger partial charge < -0.3 is 15.1 Å². The van der Waals surface area contributed by atoms with Gasteiger partial charge in [0.2, 0.25) is 0 Å². The lowest BCUT2D eigenvalue weighted by molar-refractivity contribution is -0.384. The lowest BCUT2D eigenvalue weighted by Crippen LogP contribution is -2.24. The summed E-state index contributed by atoms with van der Waals surface area (Å²) >= 11 is 16.3.